The van der Waals surface area contributed by atoms with Gasteiger partial charge in [-0.2, -0.15) is 0 Å². The number of hydrogen-bond donors (Lipinski definition) is 2. The van der Waals surface area contributed by atoms with E-state index >= 15 is 0 Å². The van der Waals surface area contributed by atoms with Crippen LogP contribution in [0.3, 0.4) is 0 Å². The van der Waals surface area contributed by atoms with Gasteiger partial charge in [0.1, 0.15) is 17.3 Å². The molecule has 2 aromatic carbocycles. The normalized spacial score (nSPS) is 12.5. The van der Waals surface area contributed by atoms with Crippen LogP contribution in [0.25, 0.3) is 0 Å². The summed E-state index contributed by atoms with van der Waals surface area (Å²) in [5.41, 5.74) is 4.59. The molecule has 0 spiro atoms. The zero-order chi connectivity index (χ0) is 27.5. The van der Waals surface area contributed by atoms with Crippen LogP contribution >= 0.6 is 17.0 Å². The van der Waals surface area contributed by atoms with E-state index in [0.717, 1.165) is 40.2 Å². The van der Waals surface area contributed by atoms with Crippen molar-refractivity contribution < 1.29 is 19.1 Å². The standard InChI is InChI=1S/C29H40N4O4.BrH/c1-9-32(7)23-13-18(12-22(27(23)36-8)29(3,4)5)24(34)17-33-16-20-14-25(37-10-2)19(15-26(35)31-6)11-21(20)28(33)30;/h11-14,30H,9-10,15-17H2,1-8H3,(H,31,35);1H. The van der Waals surface area contributed by atoms with Crippen molar-refractivity contribution in [2.24, 2.45) is 0 Å². The van der Waals surface area contributed by atoms with Crippen molar-refractivity contribution in [3.63, 3.8) is 0 Å². The number of nitrogens with one attached hydrogen (secondary N) is 2. The average Bonchev–Trinajstić information content (AvgIpc) is 3.15. The maximum atomic E-state index is 13.6. The summed E-state index contributed by atoms with van der Waals surface area (Å²) in [5, 5.41) is 11.4. The molecule has 0 saturated carbocycles. The summed E-state index contributed by atoms with van der Waals surface area (Å²) in [7, 11) is 5.24. The SMILES string of the molecule is Br.CCOc1cc2c(cc1CC(=O)NC)C(=N)N(CC(=O)c1cc(N(C)CC)c(OC)c(C(C)(C)C)c1)C2. The molecule has 38 heavy (non-hydrogen) atoms. The summed E-state index contributed by atoms with van der Waals surface area (Å²) in [4.78, 5) is 29.5. The molecule has 2 N–H and O–H groups in total. The molecule has 0 fully saturated rings. The lowest BCUT2D eigenvalue weighted by Crippen LogP contribution is -2.31. The number of hydrogen-bond acceptors (Lipinski definition) is 6. The number of likely N-dealkylation sites (N-methyl/N-ethyl adjacent to an activating group) is 1. The Kier molecular flexibility index (Phi) is 10.4. The predicted octanol–water partition coefficient (Wildman–Crippen LogP) is 4.74. The van der Waals surface area contributed by atoms with Crippen molar-refractivity contribution in [1.82, 2.24) is 10.2 Å². The summed E-state index contributed by atoms with van der Waals surface area (Å²) in [6.07, 6.45) is 0.167. The van der Waals surface area contributed by atoms with Crippen molar-refractivity contribution in [1.29, 1.82) is 5.41 Å². The molecule has 0 aliphatic carbocycles. The van der Waals surface area contributed by atoms with E-state index in [-0.39, 0.29) is 52.9 Å². The molecule has 0 unspecified atom stereocenters. The van der Waals surface area contributed by atoms with E-state index < -0.39 is 0 Å². The molecular formula is C29H41BrN4O4. The lowest BCUT2D eigenvalue weighted by Gasteiger charge is -2.28. The molecule has 0 aromatic heterocycles. The van der Waals surface area contributed by atoms with Crippen LogP contribution < -0.4 is 19.7 Å². The highest BCUT2D eigenvalue weighted by Crippen LogP contribution is 2.40. The largest absolute Gasteiger partial charge is 0.494 e. The summed E-state index contributed by atoms with van der Waals surface area (Å²) in [6.45, 7) is 12.0. The van der Waals surface area contributed by atoms with Crippen molar-refractivity contribution in [2.75, 3.05) is 45.8 Å². The van der Waals surface area contributed by atoms with E-state index in [4.69, 9.17) is 14.9 Å². The fourth-order valence-electron chi connectivity index (χ4n) is 4.56. The van der Waals surface area contributed by atoms with Crippen LogP contribution in [0.5, 0.6) is 11.5 Å². The minimum atomic E-state index is -0.224. The summed E-state index contributed by atoms with van der Waals surface area (Å²) in [6, 6.07) is 7.56. The number of amides is 1. The highest BCUT2D eigenvalue weighted by atomic mass is 79.9. The highest BCUT2D eigenvalue weighted by Gasteiger charge is 2.30. The first-order chi connectivity index (χ1) is 17.4. The fourth-order valence-corrected chi connectivity index (χ4v) is 4.56. The third kappa shape index (κ3) is 6.49. The van der Waals surface area contributed by atoms with Gasteiger partial charge in [-0.05, 0) is 49.1 Å². The van der Waals surface area contributed by atoms with Crippen LogP contribution in [0.1, 0.15) is 67.2 Å². The molecule has 1 amide bonds. The highest BCUT2D eigenvalue weighted by molar-refractivity contribution is 8.93. The first kappa shape index (κ1) is 31.1. The van der Waals surface area contributed by atoms with E-state index in [2.05, 4.69) is 37.9 Å². The van der Waals surface area contributed by atoms with Gasteiger partial charge in [-0.25, -0.2) is 0 Å². The van der Waals surface area contributed by atoms with Gasteiger partial charge >= 0.3 is 0 Å². The smallest absolute Gasteiger partial charge is 0.224 e. The molecule has 0 bridgehead atoms. The zero-order valence-corrected chi connectivity index (χ0v) is 25.5. The van der Waals surface area contributed by atoms with Gasteiger partial charge in [0.25, 0.3) is 0 Å². The quantitative estimate of drug-likeness (QED) is 0.389. The molecule has 0 atom stereocenters. The first-order valence-electron chi connectivity index (χ1n) is 12.7. The molecule has 208 valence electrons. The molecular weight excluding hydrogens is 548 g/mol. The Balaban J connectivity index is 0.00000507. The average molecular weight is 590 g/mol. The van der Waals surface area contributed by atoms with Gasteiger partial charge in [0, 0.05) is 49.4 Å². The lowest BCUT2D eigenvalue weighted by atomic mass is 9.84. The van der Waals surface area contributed by atoms with Gasteiger partial charge in [-0.3, -0.25) is 15.0 Å². The predicted molar refractivity (Wildman–Crippen MR) is 158 cm³/mol. The molecule has 1 aliphatic rings. The molecule has 2 aromatic rings. The monoisotopic (exact) mass is 588 g/mol. The number of ether oxygens (including phenoxy) is 2. The van der Waals surface area contributed by atoms with Crippen molar-refractivity contribution in [3.8, 4) is 11.5 Å². The van der Waals surface area contributed by atoms with Crippen LogP contribution in [0.2, 0.25) is 0 Å². The van der Waals surface area contributed by atoms with Crippen molar-refractivity contribution in [3.05, 3.63) is 52.1 Å². The minimum Gasteiger partial charge on any atom is -0.494 e. The first-order valence-corrected chi connectivity index (χ1v) is 12.7. The number of nitrogens with zero attached hydrogens (tertiary/aromatic N) is 2. The Labute approximate surface area is 237 Å². The van der Waals surface area contributed by atoms with Crippen molar-refractivity contribution in [2.45, 2.75) is 53.0 Å². The van der Waals surface area contributed by atoms with E-state index in [9.17, 15) is 9.59 Å². The molecule has 1 aliphatic heterocycles. The number of halogens is 1. The third-order valence-corrected chi connectivity index (χ3v) is 6.77. The molecule has 3 rings (SSSR count). The number of ketones is 1. The van der Waals surface area contributed by atoms with Gasteiger partial charge in [-0.1, -0.05) is 20.8 Å². The van der Waals surface area contributed by atoms with E-state index in [1.54, 1.807) is 19.1 Å². The number of rotatable bonds is 10. The van der Waals surface area contributed by atoms with Crippen LogP contribution in [0.4, 0.5) is 5.69 Å². The minimum absolute atomic E-state index is 0. The van der Waals surface area contributed by atoms with Crippen LogP contribution in [0.15, 0.2) is 24.3 Å². The number of benzene rings is 2. The van der Waals surface area contributed by atoms with Gasteiger partial charge in [0.2, 0.25) is 5.91 Å². The second-order valence-corrected chi connectivity index (χ2v) is 10.4. The summed E-state index contributed by atoms with van der Waals surface area (Å²) < 4.78 is 11.6. The second-order valence-electron chi connectivity index (χ2n) is 10.4. The Morgan fingerprint density at radius 1 is 1.16 bits per heavy atom. The zero-order valence-electron chi connectivity index (χ0n) is 23.8. The van der Waals surface area contributed by atoms with Gasteiger partial charge in [-0.15, -0.1) is 17.0 Å². The number of anilines is 1. The number of carbonyl (C=O) groups is 2. The number of methoxy groups -OCH3 is 1. The van der Waals surface area contributed by atoms with E-state index in [1.165, 1.54) is 0 Å². The maximum absolute atomic E-state index is 13.6. The number of carbonyl (C=O) groups excluding carboxylic acids is 2. The van der Waals surface area contributed by atoms with Gasteiger partial charge in [0.15, 0.2) is 5.78 Å². The van der Waals surface area contributed by atoms with Crippen LogP contribution in [0, 0.1) is 5.41 Å². The summed E-state index contributed by atoms with van der Waals surface area (Å²) in [5.74, 6) is 1.51. The Bertz CT molecular complexity index is 1210. The summed E-state index contributed by atoms with van der Waals surface area (Å²) >= 11 is 0. The number of Topliss-reactive ketones (excluding diaryl/α,β-unsaturated/α-hetero) is 1. The number of amidine groups is 1. The lowest BCUT2D eigenvalue weighted by molar-refractivity contribution is -0.119. The van der Waals surface area contributed by atoms with E-state index in [1.807, 2.05) is 38.2 Å². The van der Waals surface area contributed by atoms with E-state index in [0.29, 0.717) is 24.5 Å². The van der Waals surface area contributed by atoms with Crippen LogP contribution in [-0.4, -0.2) is 63.3 Å². The fraction of sp³-hybridized carbons (Fsp3) is 0.483. The topological polar surface area (TPSA) is 95.0 Å². The second kappa shape index (κ2) is 12.7. The number of fused-ring (bicyclic) bond motifs is 1. The molecule has 0 radical (unpaired) electrons. The third-order valence-electron chi connectivity index (χ3n) is 6.77. The molecule has 1 heterocycles. The Morgan fingerprint density at radius 3 is 2.39 bits per heavy atom. The Hall–Kier alpha value is -3.07. The van der Waals surface area contributed by atoms with Gasteiger partial charge in [0.05, 0.1) is 32.4 Å². The molecule has 9 heteroatoms. The molecule has 0 saturated heterocycles. The van der Waals surface area contributed by atoms with Gasteiger partial charge < -0.3 is 24.6 Å². The van der Waals surface area contributed by atoms with Crippen LogP contribution in [-0.2, 0) is 23.2 Å². The Morgan fingerprint density at radius 2 is 1.84 bits per heavy atom. The molecule has 8 nitrogen and oxygen atoms in total. The van der Waals surface area contributed by atoms with Crippen molar-refractivity contribution >= 4 is 40.2 Å². The maximum Gasteiger partial charge on any atom is 0.224 e.